The van der Waals surface area contributed by atoms with Crippen molar-refractivity contribution in [2.24, 2.45) is 0 Å². The van der Waals surface area contributed by atoms with Crippen LogP contribution in [0, 0.1) is 11.6 Å². The van der Waals surface area contributed by atoms with Gasteiger partial charge in [0.2, 0.25) is 0 Å². The molecular weight excluding hydrogens is 274 g/mol. The van der Waals surface area contributed by atoms with Gasteiger partial charge in [-0.1, -0.05) is 12.1 Å². The van der Waals surface area contributed by atoms with E-state index in [0.717, 1.165) is 18.1 Å². The molecule has 0 atom stereocenters. The topological polar surface area (TPSA) is 47.3 Å². The van der Waals surface area contributed by atoms with Crippen LogP contribution in [0.3, 0.4) is 0 Å². The number of benzene rings is 2. The Kier molecular flexibility index (Phi) is 5.11. The van der Waals surface area contributed by atoms with Crippen LogP contribution in [0.25, 0.3) is 0 Å². The molecule has 5 heteroatoms. The standard InChI is InChI=1S/C16H18F2N2O/c1-21-16-8-11(2-5-15(16)19)6-7-20-10-12-3-4-13(17)9-14(12)18/h2-5,8-9,20H,6-7,10,19H2,1H3. The van der Waals surface area contributed by atoms with E-state index >= 15 is 0 Å². The van der Waals surface area contributed by atoms with Crippen molar-refractivity contribution in [3.8, 4) is 5.75 Å². The van der Waals surface area contributed by atoms with E-state index in [0.29, 0.717) is 30.1 Å². The van der Waals surface area contributed by atoms with Gasteiger partial charge in [-0.25, -0.2) is 8.78 Å². The minimum Gasteiger partial charge on any atom is -0.495 e. The van der Waals surface area contributed by atoms with Crippen molar-refractivity contribution in [3.63, 3.8) is 0 Å². The summed E-state index contributed by atoms with van der Waals surface area (Å²) in [6.45, 7) is 1.03. The average Bonchev–Trinajstić information content (AvgIpc) is 2.47. The van der Waals surface area contributed by atoms with Crippen LogP contribution in [0.2, 0.25) is 0 Å². The van der Waals surface area contributed by atoms with Crippen LogP contribution < -0.4 is 15.8 Å². The summed E-state index contributed by atoms with van der Waals surface area (Å²) in [5.74, 6) is -0.445. The molecule has 0 spiro atoms. The van der Waals surface area contributed by atoms with Crippen molar-refractivity contribution in [2.45, 2.75) is 13.0 Å². The van der Waals surface area contributed by atoms with Crippen LogP contribution in [0.1, 0.15) is 11.1 Å². The van der Waals surface area contributed by atoms with E-state index in [2.05, 4.69) is 5.32 Å². The van der Waals surface area contributed by atoms with E-state index in [4.69, 9.17) is 10.5 Å². The molecule has 2 rings (SSSR count). The summed E-state index contributed by atoms with van der Waals surface area (Å²) in [4.78, 5) is 0. The number of anilines is 1. The Morgan fingerprint density at radius 1 is 1.14 bits per heavy atom. The Morgan fingerprint density at radius 2 is 1.95 bits per heavy atom. The third kappa shape index (κ3) is 4.16. The molecule has 3 N–H and O–H groups in total. The number of rotatable bonds is 6. The lowest BCUT2D eigenvalue weighted by atomic mass is 10.1. The first-order valence-corrected chi connectivity index (χ1v) is 6.67. The predicted octanol–water partition coefficient (Wildman–Crippen LogP) is 2.89. The highest BCUT2D eigenvalue weighted by molar-refractivity contribution is 5.53. The summed E-state index contributed by atoms with van der Waals surface area (Å²) in [6, 6.07) is 9.21. The van der Waals surface area contributed by atoms with Gasteiger partial charge in [0.05, 0.1) is 12.8 Å². The van der Waals surface area contributed by atoms with Crippen molar-refractivity contribution in [1.82, 2.24) is 5.32 Å². The summed E-state index contributed by atoms with van der Waals surface area (Å²) < 4.78 is 31.4. The largest absolute Gasteiger partial charge is 0.495 e. The Hall–Kier alpha value is -2.14. The first-order valence-electron chi connectivity index (χ1n) is 6.67. The summed E-state index contributed by atoms with van der Waals surface area (Å²) in [5.41, 5.74) is 7.87. The number of hydrogen-bond acceptors (Lipinski definition) is 3. The first-order chi connectivity index (χ1) is 10.1. The van der Waals surface area contributed by atoms with Gasteiger partial charge in [-0.15, -0.1) is 0 Å². The second kappa shape index (κ2) is 7.04. The Morgan fingerprint density at radius 3 is 2.67 bits per heavy atom. The van der Waals surface area contributed by atoms with Gasteiger partial charge in [0.25, 0.3) is 0 Å². The van der Waals surface area contributed by atoms with Crippen LogP contribution in [0.5, 0.6) is 5.75 Å². The van der Waals surface area contributed by atoms with E-state index in [1.54, 1.807) is 13.2 Å². The van der Waals surface area contributed by atoms with Crippen LogP contribution in [-0.4, -0.2) is 13.7 Å². The van der Waals surface area contributed by atoms with Crippen molar-refractivity contribution in [3.05, 3.63) is 59.2 Å². The minimum absolute atomic E-state index is 0.359. The molecule has 21 heavy (non-hydrogen) atoms. The Labute approximate surface area is 122 Å². The fraction of sp³-hybridized carbons (Fsp3) is 0.250. The minimum atomic E-state index is -0.565. The molecular formula is C16H18F2N2O. The first kappa shape index (κ1) is 15.3. The Bertz CT molecular complexity index is 617. The van der Waals surface area contributed by atoms with Gasteiger partial charge < -0.3 is 15.8 Å². The zero-order valence-corrected chi connectivity index (χ0v) is 11.8. The monoisotopic (exact) mass is 292 g/mol. The molecule has 0 saturated carbocycles. The fourth-order valence-electron chi connectivity index (χ4n) is 2.03. The molecule has 0 unspecified atom stereocenters. The molecule has 0 saturated heterocycles. The van der Waals surface area contributed by atoms with Gasteiger partial charge in [0.15, 0.2) is 0 Å². The summed E-state index contributed by atoms with van der Waals surface area (Å²) in [5, 5.41) is 3.13. The van der Waals surface area contributed by atoms with Crippen molar-refractivity contribution in [2.75, 3.05) is 19.4 Å². The van der Waals surface area contributed by atoms with Crippen molar-refractivity contribution in [1.29, 1.82) is 0 Å². The fourth-order valence-corrected chi connectivity index (χ4v) is 2.03. The summed E-state index contributed by atoms with van der Waals surface area (Å²) in [7, 11) is 1.57. The van der Waals surface area contributed by atoms with Gasteiger partial charge in [0, 0.05) is 18.2 Å². The van der Waals surface area contributed by atoms with Crippen LogP contribution in [-0.2, 0) is 13.0 Å². The van der Waals surface area contributed by atoms with Crippen molar-refractivity contribution >= 4 is 5.69 Å². The molecule has 0 bridgehead atoms. The van der Waals surface area contributed by atoms with E-state index in [1.165, 1.54) is 12.1 Å². The molecule has 0 amide bonds. The van der Waals surface area contributed by atoms with Crippen molar-refractivity contribution < 1.29 is 13.5 Å². The number of nitrogens with one attached hydrogen (secondary N) is 1. The van der Waals surface area contributed by atoms with Gasteiger partial charge in [-0.05, 0) is 36.7 Å². The second-order valence-electron chi connectivity index (χ2n) is 4.74. The number of ether oxygens (including phenoxy) is 1. The summed E-state index contributed by atoms with van der Waals surface area (Å²) in [6.07, 6.45) is 0.763. The molecule has 0 heterocycles. The van der Waals surface area contributed by atoms with Crippen LogP contribution in [0.15, 0.2) is 36.4 Å². The predicted molar refractivity (Wildman–Crippen MR) is 79.2 cm³/mol. The third-order valence-corrected chi connectivity index (χ3v) is 3.22. The van der Waals surface area contributed by atoms with Gasteiger partial charge >= 0.3 is 0 Å². The molecule has 3 nitrogen and oxygen atoms in total. The molecule has 0 fully saturated rings. The van der Waals surface area contributed by atoms with Crippen LogP contribution >= 0.6 is 0 Å². The number of methoxy groups -OCH3 is 1. The molecule has 2 aromatic rings. The zero-order chi connectivity index (χ0) is 15.2. The zero-order valence-electron chi connectivity index (χ0n) is 11.8. The van der Waals surface area contributed by atoms with E-state index in [1.807, 2.05) is 12.1 Å². The highest BCUT2D eigenvalue weighted by Gasteiger charge is 2.04. The van der Waals surface area contributed by atoms with Crippen LogP contribution in [0.4, 0.5) is 14.5 Å². The lowest BCUT2D eigenvalue weighted by molar-refractivity contribution is 0.416. The average molecular weight is 292 g/mol. The van der Waals surface area contributed by atoms with E-state index < -0.39 is 11.6 Å². The highest BCUT2D eigenvalue weighted by Crippen LogP contribution is 2.22. The second-order valence-corrected chi connectivity index (χ2v) is 4.74. The molecule has 112 valence electrons. The molecule has 0 aliphatic heterocycles. The molecule has 0 aliphatic rings. The normalized spacial score (nSPS) is 10.6. The lowest BCUT2D eigenvalue weighted by Gasteiger charge is -2.09. The van der Waals surface area contributed by atoms with Gasteiger partial charge in [-0.3, -0.25) is 0 Å². The maximum absolute atomic E-state index is 13.4. The smallest absolute Gasteiger partial charge is 0.142 e. The number of nitrogens with two attached hydrogens (primary N) is 1. The van der Waals surface area contributed by atoms with E-state index in [9.17, 15) is 8.78 Å². The maximum Gasteiger partial charge on any atom is 0.142 e. The maximum atomic E-state index is 13.4. The molecule has 0 aliphatic carbocycles. The summed E-state index contributed by atoms with van der Waals surface area (Å²) >= 11 is 0. The molecule has 0 aromatic heterocycles. The Balaban J connectivity index is 1.84. The molecule has 2 aromatic carbocycles. The number of nitrogen functional groups attached to an aromatic ring is 1. The third-order valence-electron chi connectivity index (χ3n) is 3.22. The van der Waals surface area contributed by atoms with Gasteiger partial charge in [0.1, 0.15) is 17.4 Å². The number of halogens is 2. The highest BCUT2D eigenvalue weighted by atomic mass is 19.1. The van der Waals surface area contributed by atoms with Gasteiger partial charge in [-0.2, -0.15) is 0 Å². The van der Waals surface area contributed by atoms with E-state index in [-0.39, 0.29) is 0 Å². The number of hydrogen-bond donors (Lipinski definition) is 2. The quantitative estimate of drug-likeness (QED) is 0.636. The lowest BCUT2D eigenvalue weighted by Crippen LogP contribution is -2.17. The molecule has 0 radical (unpaired) electrons. The SMILES string of the molecule is COc1cc(CCNCc2ccc(F)cc2F)ccc1N.